The first-order chi connectivity index (χ1) is 11.2. The number of thiophene rings is 1. The summed E-state index contributed by atoms with van der Waals surface area (Å²) in [7, 11) is 0. The molecule has 1 atom stereocenters. The lowest BCUT2D eigenvalue weighted by Crippen LogP contribution is -2.25. The van der Waals surface area contributed by atoms with E-state index < -0.39 is 0 Å². The van der Waals surface area contributed by atoms with Gasteiger partial charge in [0.15, 0.2) is 5.82 Å². The molecule has 2 heterocycles. The van der Waals surface area contributed by atoms with Gasteiger partial charge in [-0.1, -0.05) is 12.1 Å². The van der Waals surface area contributed by atoms with Crippen molar-refractivity contribution in [3.8, 4) is 0 Å². The summed E-state index contributed by atoms with van der Waals surface area (Å²) in [4.78, 5) is 18.9. The van der Waals surface area contributed by atoms with E-state index in [4.69, 9.17) is 4.52 Å². The molecule has 2 aliphatic rings. The molecule has 4 rings (SSSR count). The molecule has 6 heteroatoms. The number of aryl methyl sites for hydroxylation is 1. The molecule has 122 valence electrons. The first-order valence-electron chi connectivity index (χ1n) is 8.41. The van der Waals surface area contributed by atoms with Gasteiger partial charge in [0.25, 0.3) is 5.91 Å². The average molecular weight is 331 g/mol. The van der Waals surface area contributed by atoms with Gasteiger partial charge in [0.2, 0.25) is 5.89 Å². The molecule has 1 saturated carbocycles. The molecule has 2 aromatic rings. The molecule has 0 radical (unpaired) electrons. The van der Waals surface area contributed by atoms with Gasteiger partial charge in [0, 0.05) is 23.8 Å². The smallest absolute Gasteiger partial charge is 0.261 e. The van der Waals surface area contributed by atoms with Crippen molar-refractivity contribution in [1.29, 1.82) is 0 Å². The van der Waals surface area contributed by atoms with Crippen molar-refractivity contribution >= 4 is 17.2 Å². The van der Waals surface area contributed by atoms with Crippen molar-refractivity contribution in [1.82, 2.24) is 15.5 Å². The number of nitrogens with one attached hydrogen (secondary N) is 1. The standard InChI is InChI=1S/C17H21N3O2S/c1-10-2-5-13-12(8-10)9-14(23-13)16(21)18-7-6-15-19-17(22-20-15)11-3-4-11/h9-11H,2-8H2,1H3,(H,18,21)/t10-/m1/s1. The molecular formula is C17H21N3O2S. The summed E-state index contributed by atoms with van der Waals surface area (Å²) >= 11 is 1.65. The summed E-state index contributed by atoms with van der Waals surface area (Å²) in [5.74, 6) is 2.67. The largest absolute Gasteiger partial charge is 0.351 e. The van der Waals surface area contributed by atoms with E-state index in [-0.39, 0.29) is 5.91 Å². The molecule has 1 amide bonds. The Balaban J connectivity index is 1.31. The van der Waals surface area contributed by atoms with Crippen molar-refractivity contribution in [2.24, 2.45) is 5.92 Å². The Morgan fingerprint density at radius 1 is 1.43 bits per heavy atom. The van der Waals surface area contributed by atoms with E-state index in [1.54, 1.807) is 11.3 Å². The molecule has 1 N–H and O–H groups in total. The number of fused-ring (bicyclic) bond motifs is 1. The van der Waals surface area contributed by atoms with E-state index in [0.717, 1.165) is 42.4 Å². The molecule has 0 unspecified atom stereocenters. The molecule has 0 aromatic carbocycles. The van der Waals surface area contributed by atoms with Crippen molar-refractivity contribution < 1.29 is 9.32 Å². The molecule has 1 fully saturated rings. The number of hydrogen-bond donors (Lipinski definition) is 1. The van der Waals surface area contributed by atoms with Gasteiger partial charge in [-0.25, -0.2) is 0 Å². The van der Waals surface area contributed by atoms with Gasteiger partial charge in [0.1, 0.15) is 0 Å². The SMILES string of the molecule is C[C@@H]1CCc2sc(C(=O)NCCc3noc(C4CC4)n3)cc2C1. The van der Waals surface area contributed by atoms with Crippen LogP contribution in [0.25, 0.3) is 0 Å². The van der Waals surface area contributed by atoms with Crippen LogP contribution in [0.3, 0.4) is 0 Å². The van der Waals surface area contributed by atoms with Crippen molar-refractivity contribution in [3.63, 3.8) is 0 Å². The monoisotopic (exact) mass is 331 g/mol. The second-order valence-corrected chi connectivity index (χ2v) is 7.87. The van der Waals surface area contributed by atoms with E-state index in [1.807, 2.05) is 0 Å². The summed E-state index contributed by atoms with van der Waals surface area (Å²) in [5.41, 5.74) is 1.37. The zero-order valence-corrected chi connectivity index (χ0v) is 14.1. The second kappa shape index (κ2) is 6.07. The molecule has 0 saturated heterocycles. The van der Waals surface area contributed by atoms with Crippen LogP contribution in [0.5, 0.6) is 0 Å². The molecule has 2 aliphatic carbocycles. The van der Waals surface area contributed by atoms with Gasteiger partial charge in [-0.2, -0.15) is 4.98 Å². The molecule has 23 heavy (non-hydrogen) atoms. The number of nitrogens with zero attached hydrogens (tertiary/aromatic N) is 2. The average Bonchev–Trinajstić information content (AvgIpc) is 3.13. The number of amides is 1. The summed E-state index contributed by atoms with van der Waals surface area (Å²) in [5, 5.41) is 6.95. The molecule has 2 aromatic heterocycles. The number of aromatic nitrogens is 2. The minimum absolute atomic E-state index is 0.0166. The van der Waals surface area contributed by atoms with Gasteiger partial charge >= 0.3 is 0 Å². The highest BCUT2D eigenvalue weighted by Crippen LogP contribution is 2.38. The first kappa shape index (κ1) is 14.9. The van der Waals surface area contributed by atoms with Gasteiger partial charge < -0.3 is 9.84 Å². The third-order valence-electron chi connectivity index (χ3n) is 4.60. The van der Waals surface area contributed by atoms with Crippen molar-refractivity contribution in [3.05, 3.63) is 33.1 Å². The van der Waals surface area contributed by atoms with Gasteiger partial charge in [-0.15, -0.1) is 11.3 Å². The van der Waals surface area contributed by atoms with Crippen molar-refractivity contribution in [2.45, 2.75) is 51.4 Å². The lowest BCUT2D eigenvalue weighted by molar-refractivity contribution is 0.0958. The van der Waals surface area contributed by atoms with Gasteiger partial charge in [0.05, 0.1) is 4.88 Å². The number of rotatable bonds is 5. The number of carbonyl (C=O) groups is 1. The molecule has 0 spiro atoms. The summed E-state index contributed by atoms with van der Waals surface area (Å²) in [6.07, 6.45) is 6.37. The van der Waals surface area contributed by atoms with Crippen LogP contribution in [0, 0.1) is 5.92 Å². The molecule has 0 bridgehead atoms. The zero-order valence-electron chi connectivity index (χ0n) is 13.3. The molecule has 0 aliphatic heterocycles. The third-order valence-corrected chi connectivity index (χ3v) is 5.83. The fourth-order valence-corrected chi connectivity index (χ4v) is 4.18. The third kappa shape index (κ3) is 3.32. The lowest BCUT2D eigenvalue weighted by atomic mass is 9.90. The highest BCUT2D eigenvalue weighted by atomic mass is 32.1. The van der Waals surface area contributed by atoms with Crippen LogP contribution in [0.1, 0.15) is 63.9 Å². The number of hydrogen-bond acceptors (Lipinski definition) is 5. The summed E-state index contributed by atoms with van der Waals surface area (Å²) < 4.78 is 5.22. The lowest BCUT2D eigenvalue weighted by Gasteiger charge is -2.16. The van der Waals surface area contributed by atoms with Crippen LogP contribution in [-0.4, -0.2) is 22.6 Å². The van der Waals surface area contributed by atoms with Crippen LogP contribution >= 0.6 is 11.3 Å². The summed E-state index contributed by atoms with van der Waals surface area (Å²) in [6.45, 7) is 2.82. The van der Waals surface area contributed by atoms with E-state index in [9.17, 15) is 4.79 Å². The first-order valence-corrected chi connectivity index (χ1v) is 9.23. The summed E-state index contributed by atoms with van der Waals surface area (Å²) in [6, 6.07) is 2.07. The Bertz CT molecular complexity index is 717. The fraction of sp³-hybridized carbons (Fsp3) is 0.588. The van der Waals surface area contributed by atoms with Gasteiger partial charge in [-0.05, 0) is 49.7 Å². The Kier molecular flexibility index (Phi) is 3.93. The predicted molar refractivity (Wildman–Crippen MR) is 87.8 cm³/mol. The zero-order chi connectivity index (χ0) is 15.8. The van der Waals surface area contributed by atoms with Crippen LogP contribution < -0.4 is 5.32 Å². The highest BCUT2D eigenvalue weighted by molar-refractivity contribution is 7.14. The van der Waals surface area contributed by atoms with Crippen LogP contribution in [-0.2, 0) is 19.3 Å². The Hall–Kier alpha value is -1.69. The highest BCUT2D eigenvalue weighted by Gasteiger charge is 2.29. The van der Waals surface area contributed by atoms with Gasteiger partial charge in [-0.3, -0.25) is 4.79 Å². The van der Waals surface area contributed by atoms with E-state index in [0.29, 0.717) is 24.7 Å². The van der Waals surface area contributed by atoms with Crippen molar-refractivity contribution in [2.75, 3.05) is 6.54 Å². The normalized spacial score (nSPS) is 20.3. The fourth-order valence-electron chi connectivity index (χ4n) is 3.06. The maximum absolute atomic E-state index is 12.3. The second-order valence-electron chi connectivity index (χ2n) is 6.74. The topological polar surface area (TPSA) is 68.0 Å². The Morgan fingerprint density at radius 3 is 3.13 bits per heavy atom. The predicted octanol–water partition coefficient (Wildman–Crippen LogP) is 3.11. The Labute approximate surface area is 139 Å². The Morgan fingerprint density at radius 2 is 2.30 bits per heavy atom. The van der Waals surface area contributed by atoms with Crippen LogP contribution in [0.4, 0.5) is 0 Å². The van der Waals surface area contributed by atoms with Crippen LogP contribution in [0.2, 0.25) is 0 Å². The molecule has 5 nitrogen and oxygen atoms in total. The minimum Gasteiger partial charge on any atom is -0.351 e. The maximum atomic E-state index is 12.3. The molecular weight excluding hydrogens is 310 g/mol. The maximum Gasteiger partial charge on any atom is 0.261 e. The number of carbonyl (C=O) groups excluding carboxylic acids is 1. The van der Waals surface area contributed by atoms with E-state index >= 15 is 0 Å². The quantitative estimate of drug-likeness (QED) is 0.914. The minimum atomic E-state index is 0.0166. The van der Waals surface area contributed by atoms with E-state index in [1.165, 1.54) is 16.9 Å². The van der Waals surface area contributed by atoms with E-state index in [2.05, 4.69) is 28.4 Å². The van der Waals surface area contributed by atoms with Crippen LogP contribution in [0.15, 0.2) is 10.6 Å².